The van der Waals surface area contributed by atoms with Crippen molar-refractivity contribution in [2.24, 2.45) is 11.8 Å². The van der Waals surface area contributed by atoms with Gasteiger partial charge in [0.1, 0.15) is 4.90 Å². The van der Waals surface area contributed by atoms with E-state index in [2.05, 4.69) is 5.32 Å². The number of hydrogen-bond donors (Lipinski definition) is 1. The number of nitrogens with zero attached hydrogens (tertiary/aromatic N) is 1. The zero-order valence-corrected chi connectivity index (χ0v) is 13.5. The molecule has 2 fully saturated rings. The normalized spacial score (nSPS) is 26.9. The van der Waals surface area contributed by atoms with E-state index in [0.717, 1.165) is 13.1 Å². The van der Waals surface area contributed by atoms with Gasteiger partial charge in [-0.1, -0.05) is 34.8 Å². The third-order valence-corrected chi connectivity index (χ3v) is 6.89. The van der Waals surface area contributed by atoms with Crippen LogP contribution >= 0.6 is 34.8 Å². The third kappa shape index (κ3) is 2.45. The lowest BCUT2D eigenvalue weighted by Crippen LogP contribution is -2.32. The van der Waals surface area contributed by atoms with Gasteiger partial charge in [0, 0.05) is 18.1 Å². The average Bonchev–Trinajstić information content (AvgIpc) is 2.85. The molecule has 110 valence electrons. The van der Waals surface area contributed by atoms with Crippen molar-refractivity contribution >= 4 is 44.8 Å². The SMILES string of the molecule is O=S(=O)(c1c(Cl)cc(Cl)cc1Cl)N1C[C@H]2CNC[C@H]2C1. The number of sulfonamides is 1. The molecular formula is C12H13Cl3N2O2S. The van der Waals surface area contributed by atoms with Crippen LogP contribution in [0.3, 0.4) is 0 Å². The Kier molecular flexibility index (Phi) is 3.95. The fourth-order valence-electron chi connectivity index (χ4n) is 2.91. The molecule has 0 amide bonds. The summed E-state index contributed by atoms with van der Waals surface area (Å²) in [6.07, 6.45) is 0. The summed E-state index contributed by atoms with van der Waals surface area (Å²) in [7, 11) is -3.68. The third-order valence-electron chi connectivity index (χ3n) is 3.92. The van der Waals surface area contributed by atoms with Crippen molar-refractivity contribution < 1.29 is 8.42 Å². The van der Waals surface area contributed by atoms with Crippen LogP contribution in [0.1, 0.15) is 0 Å². The van der Waals surface area contributed by atoms with E-state index < -0.39 is 10.0 Å². The summed E-state index contributed by atoms with van der Waals surface area (Å²) in [5.74, 6) is 0.740. The first-order valence-electron chi connectivity index (χ1n) is 6.25. The summed E-state index contributed by atoms with van der Waals surface area (Å²) in [5.41, 5.74) is 0. The summed E-state index contributed by atoms with van der Waals surface area (Å²) in [6, 6.07) is 2.81. The Bertz CT molecular complexity index is 615. The topological polar surface area (TPSA) is 49.4 Å². The Labute approximate surface area is 133 Å². The van der Waals surface area contributed by atoms with Crippen LogP contribution in [0.25, 0.3) is 0 Å². The van der Waals surface area contributed by atoms with Crippen molar-refractivity contribution in [2.75, 3.05) is 26.2 Å². The van der Waals surface area contributed by atoms with E-state index >= 15 is 0 Å². The van der Waals surface area contributed by atoms with Gasteiger partial charge in [-0.3, -0.25) is 0 Å². The molecule has 0 spiro atoms. The van der Waals surface area contributed by atoms with Crippen LogP contribution in [0.2, 0.25) is 15.1 Å². The molecule has 20 heavy (non-hydrogen) atoms. The minimum Gasteiger partial charge on any atom is -0.316 e. The van der Waals surface area contributed by atoms with Gasteiger partial charge in [0.25, 0.3) is 0 Å². The highest BCUT2D eigenvalue weighted by molar-refractivity contribution is 7.89. The van der Waals surface area contributed by atoms with Gasteiger partial charge in [0.05, 0.1) is 10.0 Å². The molecule has 2 aliphatic rings. The van der Waals surface area contributed by atoms with E-state index in [1.54, 1.807) is 0 Å². The van der Waals surface area contributed by atoms with Gasteiger partial charge < -0.3 is 5.32 Å². The Hall–Kier alpha value is -0.0400. The van der Waals surface area contributed by atoms with Gasteiger partial charge >= 0.3 is 0 Å². The molecule has 1 aromatic rings. The molecule has 3 rings (SSSR count). The van der Waals surface area contributed by atoms with Crippen molar-refractivity contribution in [1.29, 1.82) is 0 Å². The molecule has 0 aromatic heterocycles. The quantitative estimate of drug-likeness (QED) is 0.887. The van der Waals surface area contributed by atoms with Crippen LogP contribution in [0.5, 0.6) is 0 Å². The number of hydrogen-bond acceptors (Lipinski definition) is 3. The summed E-state index contributed by atoms with van der Waals surface area (Å²) in [6.45, 7) is 2.74. The number of fused-ring (bicyclic) bond motifs is 1. The van der Waals surface area contributed by atoms with Crippen LogP contribution in [-0.4, -0.2) is 38.9 Å². The van der Waals surface area contributed by atoms with Gasteiger partial charge in [-0.15, -0.1) is 0 Å². The van der Waals surface area contributed by atoms with Gasteiger partial charge in [0.2, 0.25) is 10.0 Å². The van der Waals surface area contributed by atoms with Gasteiger partial charge in [0.15, 0.2) is 0 Å². The zero-order valence-electron chi connectivity index (χ0n) is 10.4. The van der Waals surface area contributed by atoms with Crippen LogP contribution < -0.4 is 5.32 Å². The van der Waals surface area contributed by atoms with Crippen molar-refractivity contribution in [3.63, 3.8) is 0 Å². The number of halogens is 3. The summed E-state index contributed by atoms with van der Waals surface area (Å²) in [4.78, 5) is -0.0434. The summed E-state index contributed by atoms with van der Waals surface area (Å²) in [5, 5.41) is 3.73. The maximum Gasteiger partial charge on any atom is 0.246 e. The van der Waals surface area contributed by atoms with Gasteiger partial charge in [-0.05, 0) is 37.1 Å². The largest absolute Gasteiger partial charge is 0.316 e. The van der Waals surface area contributed by atoms with Crippen molar-refractivity contribution in [3.05, 3.63) is 27.2 Å². The minimum absolute atomic E-state index is 0.0434. The second-order valence-corrected chi connectivity index (χ2v) is 8.32. The lowest BCUT2D eigenvalue weighted by molar-refractivity contribution is 0.448. The smallest absolute Gasteiger partial charge is 0.246 e. The lowest BCUT2D eigenvalue weighted by Gasteiger charge is -2.19. The van der Waals surface area contributed by atoms with Gasteiger partial charge in [-0.25, -0.2) is 8.42 Å². The predicted octanol–water partition coefficient (Wildman–Crippen LogP) is 2.49. The van der Waals surface area contributed by atoms with E-state index in [1.807, 2.05) is 0 Å². The van der Waals surface area contributed by atoms with E-state index in [0.29, 0.717) is 29.9 Å². The van der Waals surface area contributed by atoms with Crippen LogP contribution in [0, 0.1) is 11.8 Å². The molecule has 0 bridgehead atoms. The first kappa shape index (κ1) is 14.9. The molecule has 0 radical (unpaired) electrons. The minimum atomic E-state index is -3.68. The molecule has 0 saturated carbocycles. The highest BCUT2D eigenvalue weighted by Crippen LogP contribution is 2.37. The second-order valence-electron chi connectivity index (χ2n) is 5.20. The van der Waals surface area contributed by atoms with Crippen molar-refractivity contribution in [2.45, 2.75) is 4.90 Å². The molecule has 8 heteroatoms. The van der Waals surface area contributed by atoms with Crippen LogP contribution in [0.4, 0.5) is 0 Å². The van der Waals surface area contributed by atoms with E-state index in [1.165, 1.54) is 16.4 Å². The fourth-order valence-corrected chi connectivity index (χ4v) is 5.96. The maximum absolute atomic E-state index is 12.7. The summed E-state index contributed by atoms with van der Waals surface area (Å²) >= 11 is 17.9. The van der Waals surface area contributed by atoms with Gasteiger partial charge in [-0.2, -0.15) is 4.31 Å². The first-order chi connectivity index (χ1) is 9.39. The highest BCUT2D eigenvalue weighted by Gasteiger charge is 2.42. The highest BCUT2D eigenvalue weighted by atomic mass is 35.5. The first-order valence-corrected chi connectivity index (χ1v) is 8.82. The molecule has 1 aromatic carbocycles. The molecule has 0 aliphatic carbocycles. The molecule has 2 atom stereocenters. The summed E-state index contributed by atoms with van der Waals surface area (Å²) < 4.78 is 26.9. The Morgan fingerprint density at radius 3 is 2.05 bits per heavy atom. The number of rotatable bonds is 2. The van der Waals surface area contributed by atoms with Crippen LogP contribution in [-0.2, 0) is 10.0 Å². The monoisotopic (exact) mass is 354 g/mol. The van der Waals surface area contributed by atoms with E-state index in [4.69, 9.17) is 34.8 Å². The molecule has 0 unspecified atom stereocenters. The molecule has 1 N–H and O–H groups in total. The second kappa shape index (κ2) is 5.30. The van der Waals surface area contributed by atoms with Crippen molar-refractivity contribution in [3.8, 4) is 0 Å². The number of benzene rings is 1. The lowest BCUT2D eigenvalue weighted by atomic mass is 10.0. The predicted molar refractivity (Wildman–Crippen MR) is 80.1 cm³/mol. The molecule has 2 aliphatic heterocycles. The van der Waals surface area contributed by atoms with E-state index in [-0.39, 0.29) is 14.9 Å². The maximum atomic E-state index is 12.7. The average molecular weight is 356 g/mol. The Morgan fingerprint density at radius 1 is 1.05 bits per heavy atom. The Morgan fingerprint density at radius 2 is 1.55 bits per heavy atom. The zero-order chi connectivity index (χ0) is 14.5. The molecule has 2 saturated heterocycles. The fraction of sp³-hybridized carbons (Fsp3) is 0.500. The van der Waals surface area contributed by atoms with Crippen LogP contribution in [0.15, 0.2) is 17.0 Å². The van der Waals surface area contributed by atoms with Crippen molar-refractivity contribution in [1.82, 2.24) is 9.62 Å². The standard InChI is InChI=1S/C12H13Cl3N2O2S/c13-9-1-10(14)12(11(15)2-9)20(18,19)17-5-7-3-16-4-8(7)6-17/h1-2,7-8,16H,3-6H2/t7-,8+. The molecule has 2 heterocycles. The van der Waals surface area contributed by atoms with E-state index in [9.17, 15) is 8.42 Å². The number of nitrogens with one attached hydrogen (secondary N) is 1. The molecule has 4 nitrogen and oxygen atoms in total. The molecular weight excluding hydrogens is 343 g/mol. The Balaban J connectivity index is 1.97.